The van der Waals surface area contributed by atoms with E-state index in [0.717, 1.165) is 55.2 Å². The molecule has 0 aliphatic carbocycles. The molecule has 2 atom stereocenters. The molecule has 0 aromatic heterocycles. The van der Waals surface area contributed by atoms with E-state index in [-0.39, 0.29) is 17.7 Å². The van der Waals surface area contributed by atoms with Crippen LogP contribution in [0.1, 0.15) is 110 Å². The standard InChI is InChI=1S/C30H51N3O4/c1-10-12-14-15-20-33(28(35)25(21(3)4)32-29(36)37-30(7,8)9)26(27(34)31-19-13-11-2)24-22(5)17-16-18-23(24)6/h16-18,21,25-26H,10-15,19-20H2,1-9H3,(H,31,34)(H,32,36). The van der Waals surface area contributed by atoms with E-state index in [1.807, 2.05) is 45.9 Å². The van der Waals surface area contributed by atoms with Crippen LogP contribution in [-0.2, 0) is 14.3 Å². The van der Waals surface area contributed by atoms with Crippen molar-refractivity contribution in [1.29, 1.82) is 0 Å². The van der Waals surface area contributed by atoms with Gasteiger partial charge < -0.3 is 20.3 Å². The predicted octanol–water partition coefficient (Wildman–Crippen LogP) is 6.22. The van der Waals surface area contributed by atoms with Gasteiger partial charge in [0.15, 0.2) is 0 Å². The summed E-state index contributed by atoms with van der Waals surface area (Å²) in [6, 6.07) is 4.32. The van der Waals surface area contributed by atoms with E-state index in [2.05, 4.69) is 24.5 Å². The Morgan fingerprint density at radius 2 is 1.54 bits per heavy atom. The van der Waals surface area contributed by atoms with Gasteiger partial charge in [-0.15, -0.1) is 0 Å². The maximum Gasteiger partial charge on any atom is 0.408 e. The Morgan fingerprint density at radius 3 is 2.05 bits per heavy atom. The van der Waals surface area contributed by atoms with Crippen LogP contribution in [0.15, 0.2) is 18.2 Å². The number of aryl methyl sites for hydroxylation is 2. The minimum Gasteiger partial charge on any atom is -0.444 e. The highest BCUT2D eigenvalue weighted by molar-refractivity contribution is 5.92. The molecule has 0 saturated heterocycles. The van der Waals surface area contributed by atoms with Crippen LogP contribution in [0.4, 0.5) is 4.79 Å². The fraction of sp³-hybridized carbons (Fsp3) is 0.700. The molecule has 0 heterocycles. The molecule has 2 unspecified atom stereocenters. The molecule has 0 spiro atoms. The van der Waals surface area contributed by atoms with Crippen molar-refractivity contribution in [3.63, 3.8) is 0 Å². The van der Waals surface area contributed by atoms with Crippen molar-refractivity contribution in [2.24, 2.45) is 5.92 Å². The van der Waals surface area contributed by atoms with Gasteiger partial charge in [0.05, 0.1) is 0 Å². The van der Waals surface area contributed by atoms with Crippen molar-refractivity contribution in [1.82, 2.24) is 15.5 Å². The van der Waals surface area contributed by atoms with E-state index < -0.39 is 23.8 Å². The molecule has 1 aromatic carbocycles. The molecule has 0 fully saturated rings. The van der Waals surface area contributed by atoms with Crippen molar-refractivity contribution in [3.05, 3.63) is 34.9 Å². The minimum absolute atomic E-state index is 0.186. The lowest BCUT2D eigenvalue weighted by molar-refractivity contribution is -0.143. The summed E-state index contributed by atoms with van der Waals surface area (Å²) in [6.45, 7) is 18.3. The average Bonchev–Trinajstić information content (AvgIpc) is 2.79. The van der Waals surface area contributed by atoms with E-state index in [0.29, 0.717) is 13.1 Å². The van der Waals surface area contributed by atoms with E-state index in [9.17, 15) is 14.4 Å². The summed E-state index contributed by atoms with van der Waals surface area (Å²) in [4.78, 5) is 42.3. The molecule has 7 nitrogen and oxygen atoms in total. The molecule has 0 aliphatic heterocycles. The zero-order valence-corrected chi connectivity index (χ0v) is 24.7. The molecule has 2 N–H and O–H groups in total. The average molecular weight is 518 g/mol. The Balaban J connectivity index is 3.52. The maximum atomic E-state index is 14.2. The number of ether oxygens (including phenoxy) is 1. The van der Waals surface area contributed by atoms with Gasteiger partial charge in [0.2, 0.25) is 11.8 Å². The first kappa shape index (κ1) is 32.5. The Labute approximate surface area is 225 Å². The Kier molecular flexibility index (Phi) is 13.7. The summed E-state index contributed by atoms with van der Waals surface area (Å²) in [6.07, 6.45) is 5.06. The Hall–Kier alpha value is -2.57. The van der Waals surface area contributed by atoms with Crippen LogP contribution < -0.4 is 10.6 Å². The van der Waals surface area contributed by atoms with Crippen LogP contribution in [0, 0.1) is 19.8 Å². The summed E-state index contributed by atoms with van der Waals surface area (Å²) in [5, 5.41) is 5.87. The lowest BCUT2D eigenvalue weighted by Crippen LogP contribution is -2.55. The van der Waals surface area contributed by atoms with E-state index >= 15 is 0 Å². The second kappa shape index (κ2) is 15.6. The molecule has 0 bridgehead atoms. The lowest BCUT2D eigenvalue weighted by atomic mass is 9.92. The van der Waals surface area contributed by atoms with Crippen LogP contribution in [0.2, 0.25) is 0 Å². The molecule has 3 amide bonds. The highest BCUT2D eigenvalue weighted by Crippen LogP contribution is 2.30. The highest BCUT2D eigenvalue weighted by Gasteiger charge is 2.38. The quantitative estimate of drug-likeness (QED) is 0.287. The number of benzene rings is 1. The third-order valence-corrected chi connectivity index (χ3v) is 6.35. The number of nitrogens with one attached hydrogen (secondary N) is 2. The van der Waals surface area contributed by atoms with Crippen molar-refractivity contribution < 1.29 is 19.1 Å². The van der Waals surface area contributed by atoms with Crippen molar-refractivity contribution in [3.8, 4) is 0 Å². The zero-order valence-electron chi connectivity index (χ0n) is 24.7. The van der Waals surface area contributed by atoms with Gasteiger partial charge in [-0.3, -0.25) is 9.59 Å². The number of hydrogen-bond donors (Lipinski definition) is 2. The number of rotatable bonds is 14. The molecular weight excluding hydrogens is 466 g/mol. The topological polar surface area (TPSA) is 87.7 Å². The van der Waals surface area contributed by atoms with Crippen molar-refractivity contribution in [2.45, 2.75) is 119 Å². The molecule has 0 aliphatic rings. The third kappa shape index (κ3) is 10.7. The summed E-state index contributed by atoms with van der Waals surface area (Å²) in [7, 11) is 0. The van der Waals surface area contributed by atoms with Crippen LogP contribution in [0.25, 0.3) is 0 Å². The third-order valence-electron chi connectivity index (χ3n) is 6.35. The number of hydrogen-bond acceptors (Lipinski definition) is 4. The molecule has 0 saturated carbocycles. The second-order valence-electron chi connectivity index (χ2n) is 11.3. The Morgan fingerprint density at radius 1 is 0.946 bits per heavy atom. The first-order valence-electron chi connectivity index (χ1n) is 14.0. The largest absolute Gasteiger partial charge is 0.444 e. The van der Waals surface area contributed by atoms with Gasteiger partial charge in [-0.25, -0.2) is 4.79 Å². The Bertz CT molecular complexity index is 856. The van der Waals surface area contributed by atoms with Crippen LogP contribution in [-0.4, -0.2) is 47.5 Å². The predicted molar refractivity (Wildman–Crippen MR) is 150 cm³/mol. The highest BCUT2D eigenvalue weighted by atomic mass is 16.6. The number of unbranched alkanes of at least 4 members (excludes halogenated alkanes) is 4. The fourth-order valence-corrected chi connectivity index (χ4v) is 4.37. The summed E-state index contributed by atoms with van der Waals surface area (Å²) < 4.78 is 5.46. The smallest absolute Gasteiger partial charge is 0.408 e. The van der Waals surface area contributed by atoms with E-state index in [4.69, 9.17) is 4.74 Å². The summed E-state index contributed by atoms with van der Waals surface area (Å²) >= 11 is 0. The molecule has 1 rings (SSSR count). The van der Waals surface area contributed by atoms with Gasteiger partial charge in [-0.05, 0) is 70.1 Å². The number of nitrogens with zero attached hydrogens (tertiary/aromatic N) is 1. The van der Waals surface area contributed by atoms with Gasteiger partial charge in [-0.1, -0.05) is 71.6 Å². The first-order chi connectivity index (χ1) is 17.3. The monoisotopic (exact) mass is 517 g/mol. The molecular formula is C30H51N3O4. The number of alkyl carbamates (subject to hydrolysis) is 1. The molecule has 0 radical (unpaired) electrons. The van der Waals surface area contributed by atoms with Gasteiger partial charge in [0.1, 0.15) is 17.7 Å². The second-order valence-corrected chi connectivity index (χ2v) is 11.3. The summed E-state index contributed by atoms with van der Waals surface area (Å²) in [5.74, 6) is -0.648. The maximum absolute atomic E-state index is 14.2. The number of carbonyl (C=O) groups excluding carboxylic acids is 3. The summed E-state index contributed by atoms with van der Waals surface area (Å²) in [5.41, 5.74) is 2.08. The van der Waals surface area contributed by atoms with E-state index in [1.54, 1.807) is 25.7 Å². The fourth-order valence-electron chi connectivity index (χ4n) is 4.37. The minimum atomic E-state index is -0.823. The van der Waals surface area contributed by atoms with Crippen molar-refractivity contribution in [2.75, 3.05) is 13.1 Å². The molecule has 210 valence electrons. The number of carbonyl (C=O) groups is 3. The lowest BCUT2D eigenvalue weighted by Gasteiger charge is -2.36. The van der Waals surface area contributed by atoms with Gasteiger partial charge >= 0.3 is 6.09 Å². The molecule has 7 heteroatoms. The molecule has 37 heavy (non-hydrogen) atoms. The first-order valence-corrected chi connectivity index (χ1v) is 14.0. The van der Waals surface area contributed by atoms with Gasteiger partial charge in [-0.2, -0.15) is 0 Å². The van der Waals surface area contributed by atoms with Gasteiger partial charge in [0, 0.05) is 13.1 Å². The van der Waals surface area contributed by atoms with Crippen LogP contribution >= 0.6 is 0 Å². The van der Waals surface area contributed by atoms with Crippen molar-refractivity contribution >= 4 is 17.9 Å². The van der Waals surface area contributed by atoms with E-state index in [1.165, 1.54) is 0 Å². The van der Waals surface area contributed by atoms with Gasteiger partial charge in [0.25, 0.3) is 0 Å². The normalized spacial score (nSPS) is 13.1. The SMILES string of the molecule is CCCCCCN(C(=O)C(NC(=O)OC(C)(C)C)C(C)C)C(C(=O)NCCCC)c1c(C)cccc1C. The zero-order chi connectivity index (χ0) is 28.2. The van der Waals surface area contributed by atoms with Crippen LogP contribution in [0.3, 0.4) is 0 Å². The molecule has 1 aromatic rings. The number of amides is 3. The van der Waals surface area contributed by atoms with Crippen LogP contribution in [0.5, 0.6) is 0 Å².